The number of hydrogen-bond acceptors (Lipinski definition) is 4. The predicted octanol–water partition coefficient (Wildman–Crippen LogP) is 3.91. The Bertz CT molecular complexity index is 791. The molecule has 1 fully saturated rings. The van der Waals surface area contributed by atoms with Crippen LogP contribution in [0, 0.1) is 20.8 Å². The molecule has 0 bridgehead atoms. The summed E-state index contributed by atoms with van der Waals surface area (Å²) in [5, 5.41) is 3.96. The van der Waals surface area contributed by atoms with Crippen molar-refractivity contribution < 1.29 is 9.32 Å². The first-order valence-electron chi connectivity index (χ1n) is 9.22. The highest BCUT2D eigenvalue weighted by atomic mass is 16.5. The Morgan fingerprint density at radius 2 is 2.04 bits per heavy atom. The lowest BCUT2D eigenvalue weighted by Crippen LogP contribution is -2.29. The molecule has 3 rings (SSSR count). The van der Waals surface area contributed by atoms with Gasteiger partial charge in [0.15, 0.2) is 0 Å². The van der Waals surface area contributed by atoms with Crippen LogP contribution in [0.5, 0.6) is 0 Å². The van der Waals surface area contributed by atoms with Crippen molar-refractivity contribution in [3.8, 4) is 0 Å². The van der Waals surface area contributed by atoms with Gasteiger partial charge >= 0.3 is 0 Å². The summed E-state index contributed by atoms with van der Waals surface area (Å²) >= 11 is 0. The minimum atomic E-state index is 0.0644. The van der Waals surface area contributed by atoms with Crippen molar-refractivity contribution in [2.45, 2.75) is 71.8 Å². The molecule has 134 valence electrons. The van der Waals surface area contributed by atoms with E-state index in [1.807, 2.05) is 39.1 Å². The van der Waals surface area contributed by atoms with E-state index in [4.69, 9.17) is 9.52 Å². The summed E-state index contributed by atoms with van der Waals surface area (Å²) in [5.74, 6) is 0.862. The molecule has 5 nitrogen and oxygen atoms in total. The van der Waals surface area contributed by atoms with E-state index >= 15 is 0 Å². The van der Waals surface area contributed by atoms with Gasteiger partial charge < -0.3 is 4.52 Å². The summed E-state index contributed by atoms with van der Waals surface area (Å²) in [5.41, 5.74) is 3.82. The van der Waals surface area contributed by atoms with Gasteiger partial charge in [0.25, 0.3) is 0 Å². The number of carbonyl (C=O) groups excluding carboxylic acids is 1. The maximum Gasteiger partial charge on any atom is 0.232 e. The lowest BCUT2D eigenvalue weighted by molar-refractivity contribution is 0.0897. The normalized spacial score (nSPS) is 16.4. The SMILES string of the molecule is Cc1ccn(C(=O)CCc2c(C)noc2C)c(=NC2CCCCC2)c1. The molecule has 1 aliphatic rings. The van der Waals surface area contributed by atoms with Gasteiger partial charge in [0.2, 0.25) is 5.91 Å². The van der Waals surface area contributed by atoms with Gasteiger partial charge in [-0.1, -0.05) is 24.4 Å². The molecule has 1 saturated carbocycles. The van der Waals surface area contributed by atoms with Gasteiger partial charge in [0, 0.05) is 18.2 Å². The number of carbonyl (C=O) groups is 1. The number of pyridine rings is 1. The van der Waals surface area contributed by atoms with Crippen molar-refractivity contribution in [2.75, 3.05) is 0 Å². The fourth-order valence-electron chi connectivity index (χ4n) is 3.51. The zero-order valence-electron chi connectivity index (χ0n) is 15.4. The summed E-state index contributed by atoms with van der Waals surface area (Å²) in [4.78, 5) is 17.7. The molecule has 2 aromatic heterocycles. The second-order valence-electron chi connectivity index (χ2n) is 7.05. The maximum atomic E-state index is 12.8. The molecule has 1 aliphatic carbocycles. The molecule has 0 unspecified atom stereocenters. The Morgan fingerprint density at radius 1 is 1.28 bits per heavy atom. The van der Waals surface area contributed by atoms with Crippen LogP contribution >= 0.6 is 0 Å². The number of aromatic nitrogens is 2. The van der Waals surface area contributed by atoms with Crippen LogP contribution < -0.4 is 5.49 Å². The van der Waals surface area contributed by atoms with Gasteiger partial charge in [-0.05, 0) is 57.7 Å². The summed E-state index contributed by atoms with van der Waals surface area (Å²) in [6, 6.07) is 4.33. The highest BCUT2D eigenvalue weighted by molar-refractivity contribution is 5.79. The van der Waals surface area contributed by atoms with Gasteiger partial charge in [-0.3, -0.25) is 14.4 Å². The molecule has 0 atom stereocenters. The average molecular weight is 341 g/mol. The number of nitrogens with zero attached hydrogens (tertiary/aromatic N) is 3. The van der Waals surface area contributed by atoms with Crippen LogP contribution in [0.25, 0.3) is 0 Å². The second kappa shape index (κ2) is 7.81. The number of aryl methyl sites for hydroxylation is 3. The van der Waals surface area contributed by atoms with E-state index in [1.165, 1.54) is 19.3 Å². The summed E-state index contributed by atoms with van der Waals surface area (Å²) < 4.78 is 6.89. The van der Waals surface area contributed by atoms with Crippen molar-refractivity contribution in [1.82, 2.24) is 9.72 Å². The van der Waals surface area contributed by atoms with Crippen molar-refractivity contribution in [3.63, 3.8) is 0 Å². The molecule has 0 amide bonds. The monoisotopic (exact) mass is 341 g/mol. The lowest BCUT2D eigenvalue weighted by Gasteiger charge is -2.18. The molecule has 0 aromatic carbocycles. The third kappa shape index (κ3) is 4.27. The molecular weight excluding hydrogens is 314 g/mol. The average Bonchev–Trinajstić information content (AvgIpc) is 2.92. The quantitative estimate of drug-likeness (QED) is 0.847. The van der Waals surface area contributed by atoms with Crippen molar-refractivity contribution in [2.24, 2.45) is 4.99 Å². The van der Waals surface area contributed by atoms with E-state index in [2.05, 4.69) is 5.16 Å². The molecule has 0 spiro atoms. The van der Waals surface area contributed by atoms with E-state index < -0.39 is 0 Å². The second-order valence-corrected chi connectivity index (χ2v) is 7.05. The molecule has 2 aromatic rings. The standard InChI is InChI=1S/C20H27N3O2/c1-14-11-12-23(19(13-14)21-17-7-5-4-6-8-17)20(24)10-9-18-15(2)22-25-16(18)3/h11-13,17H,4-10H2,1-3H3. The van der Waals surface area contributed by atoms with Gasteiger partial charge in [-0.2, -0.15) is 0 Å². The summed E-state index contributed by atoms with van der Waals surface area (Å²) in [6.45, 7) is 5.85. The van der Waals surface area contributed by atoms with E-state index in [1.54, 1.807) is 4.57 Å². The Balaban J connectivity index is 1.81. The Morgan fingerprint density at radius 3 is 2.72 bits per heavy atom. The first-order chi connectivity index (χ1) is 12.0. The minimum absolute atomic E-state index is 0.0644. The van der Waals surface area contributed by atoms with E-state index in [0.717, 1.165) is 40.9 Å². The fourth-order valence-corrected chi connectivity index (χ4v) is 3.51. The summed E-state index contributed by atoms with van der Waals surface area (Å²) in [7, 11) is 0. The van der Waals surface area contributed by atoms with Crippen LogP contribution in [-0.2, 0) is 6.42 Å². The highest BCUT2D eigenvalue weighted by Crippen LogP contribution is 2.19. The Labute approximate surface area is 148 Å². The van der Waals surface area contributed by atoms with Gasteiger partial charge in [-0.15, -0.1) is 0 Å². The van der Waals surface area contributed by atoms with Crippen LogP contribution in [0.15, 0.2) is 27.8 Å². The van der Waals surface area contributed by atoms with E-state index in [-0.39, 0.29) is 5.91 Å². The maximum absolute atomic E-state index is 12.8. The number of hydrogen-bond donors (Lipinski definition) is 0. The van der Waals surface area contributed by atoms with Gasteiger partial charge in [0.05, 0.1) is 11.7 Å². The first-order valence-corrected chi connectivity index (χ1v) is 9.22. The van der Waals surface area contributed by atoms with Crippen LogP contribution in [0.3, 0.4) is 0 Å². The highest BCUT2D eigenvalue weighted by Gasteiger charge is 2.15. The summed E-state index contributed by atoms with van der Waals surface area (Å²) in [6.07, 6.45) is 8.94. The molecule has 0 radical (unpaired) electrons. The molecule has 2 heterocycles. The van der Waals surface area contributed by atoms with Crippen molar-refractivity contribution in [3.05, 3.63) is 46.4 Å². The van der Waals surface area contributed by atoms with Crippen LogP contribution in [0.1, 0.15) is 65.9 Å². The van der Waals surface area contributed by atoms with E-state index in [0.29, 0.717) is 18.9 Å². The zero-order chi connectivity index (χ0) is 17.8. The first kappa shape index (κ1) is 17.6. The molecule has 25 heavy (non-hydrogen) atoms. The molecule has 0 aliphatic heterocycles. The Kier molecular flexibility index (Phi) is 5.51. The largest absolute Gasteiger partial charge is 0.361 e. The van der Waals surface area contributed by atoms with Crippen LogP contribution in [0.4, 0.5) is 0 Å². The predicted molar refractivity (Wildman–Crippen MR) is 96.5 cm³/mol. The third-order valence-corrected chi connectivity index (χ3v) is 5.02. The topological polar surface area (TPSA) is 60.4 Å². The third-order valence-electron chi connectivity index (χ3n) is 5.02. The van der Waals surface area contributed by atoms with E-state index in [9.17, 15) is 4.79 Å². The Hall–Kier alpha value is -2.17. The van der Waals surface area contributed by atoms with Crippen LogP contribution in [0.2, 0.25) is 0 Å². The zero-order valence-corrected chi connectivity index (χ0v) is 15.4. The molecule has 0 saturated heterocycles. The van der Waals surface area contributed by atoms with Crippen molar-refractivity contribution in [1.29, 1.82) is 0 Å². The van der Waals surface area contributed by atoms with Crippen LogP contribution in [-0.4, -0.2) is 21.7 Å². The smallest absolute Gasteiger partial charge is 0.232 e. The van der Waals surface area contributed by atoms with Crippen molar-refractivity contribution >= 4 is 5.91 Å². The lowest BCUT2D eigenvalue weighted by atomic mass is 9.96. The molecule has 0 N–H and O–H groups in total. The minimum Gasteiger partial charge on any atom is -0.361 e. The fraction of sp³-hybridized carbons (Fsp3) is 0.550. The van der Waals surface area contributed by atoms with Gasteiger partial charge in [-0.25, -0.2) is 0 Å². The number of rotatable bonds is 4. The van der Waals surface area contributed by atoms with Gasteiger partial charge in [0.1, 0.15) is 11.2 Å². The molecule has 5 heteroatoms. The molecular formula is C20H27N3O2.